The molecule has 1 aromatic carbocycles. The lowest BCUT2D eigenvalue weighted by molar-refractivity contribution is 0.0697. The van der Waals surface area contributed by atoms with Crippen LogP contribution in [0.3, 0.4) is 0 Å². The van der Waals surface area contributed by atoms with Gasteiger partial charge in [0, 0.05) is 0 Å². The van der Waals surface area contributed by atoms with E-state index in [4.69, 9.17) is 5.11 Å². The minimum Gasteiger partial charge on any atom is -0.478 e. The quantitative estimate of drug-likeness (QED) is 0.810. The zero-order valence-electron chi connectivity index (χ0n) is 8.04. The van der Waals surface area contributed by atoms with E-state index in [0.29, 0.717) is 5.56 Å². The molecule has 81 valence electrons. The number of carboxylic acids is 1. The lowest BCUT2D eigenvalue weighted by Crippen LogP contribution is -2.13. The summed E-state index contributed by atoms with van der Waals surface area (Å²) in [5, 5.41) is 8.62. The lowest BCUT2D eigenvalue weighted by atomic mass is 10.1. The van der Waals surface area contributed by atoms with Crippen molar-refractivity contribution in [3.63, 3.8) is 0 Å². The summed E-state index contributed by atoms with van der Waals surface area (Å²) in [6, 6.07) is 5.90. The van der Waals surface area contributed by atoms with Crippen molar-refractivity contribution in [2.24, 2.45) is 0 Å². The Kier molecular flexibility index (Phi) is 3.43. The Morgan fingerprint density at radius 2 is 1.87 bits per heavy atom. The zero-order valence-corrected chi connectivity index (χ0v) is 8.86. The number of hydrogen-bond acceptors (Lipinski definition) is 3. The maximum absolute atomic E-state index is 10.7. The summed E-state index contributed by atoms with van der Waals surface area (Å²) in [6.07, 6.45) is 1.01. The Morgan fingerprint density at radius 3 is 2.27 bits per heavy atom. The summed E-state index contributed by atoms with van der Waals surface area (Å²) < 4.78 is 24.9. The average Bonchev–Trinajstić information content (AvgIpc) is 2.14. The molecule has 0 saturated carbocycles. The van der Waals surface area contributed by atoms with Crippen LogP contribution in [-0.4, -0.2) is 25.7 Å². The maximum atomic E-state index is 10.7. The van der Waals surface area contributed by atoms with E-state index in [1.165, 1.54) is 24.3 Å². The number of benzene rings is 1. The first-order valence-corrected chi connectivity index (χ1v) is 5.94. The highest BCUT2D eigenvalue weighted by Crippen LogP contribution is 2.04. The van der Waals surface area contributed by atoms with Crippen LogP contribution in [0.2, 0.25) is 0 Å². The molecule has 5 nitrogen and oxygen atoms in total. The third-order valence-corrected chi connectivity index (χ3v) is 2.28. The number of aromatic carboxylic acids is 1. The van der Waals surface area contributed by atoms with Gasteiger partial charge in [-0.1, -0.05) is 12.1 Å². The van der Waals surface area contributed by atoms with Gasteiger partial charge in [-0.15, -0.1) is 4.72 Å². The van der Waals surface area contributed by atoms with E-state index in [9.17, 15) is 13.2 Å². The van der Waals surface area contributed by atoms with Gasteiger partial charge in [0.25, 0.3) is 0 Å². The summed E-state index contributed by atoms with van der Waals surface area (Å²) >= 11 is 0. The molecule has 1 N–H and O–H groups in total. The van der Waals surface area contributed by atoms with E-state index in [1.54, 1.807) is 0 Å². The standard InChI is InChI=1S/C9H10NO4S/c1-15(13,14)10-6-7-2-4-8(5-3-7)9(11)12/h2-5H,6H2,1H3,(H,11,12). The SMILES string of the molecule is CS(=O)(=O)[N]Cc1ccc(C(=O)O)cc1. The largest absolute Gasteiger partial charge is 0.478 e. The van der Waals surface area contributed by atoms with E-state index in [0.717, 1.165) is 6.26 Å². The topological polar surface area (TPSA) is 85.5 Å². The monoisotopic (exact) mass is 228 g/mol. The van der Waals surface area contributed by atoms with Crippen molar-refractivity contribution in [2.75, 3.05) is 6.26 Å². The normalized spacial score (nSPS) is 11.3. The number of sulfonamides is 1. The van der Waals surface area contributed by atoms with Crippen LogP contribution in [0.5, 0.6) is 0 Å². The fourth-order valence-corrected chi connectivity index (χ4v) is 1.33. The van der Waals surface area contributed by atoms with Crippen molar-refractivity contribution in [3.8, 4) is 0 Å². The fourth-order valence-electron chi connectivity index (χ4n) is 0.945. The van der Waals surface area contributed by atoms with Gasteiger partial charge in [0.2, 0.25) is 10.0 Å². The van der Waals surface area contributed by atoms with Gasteiger partial charge in [-0.2, -0.15) is 0 Å². The first-order chi connectivity index (χ1) is 6.88. The van der Waals surface area contributed by atoms with Crippen LogP contribution in [0.15, 0.2) is 24.3 Å². The molecule has 1 radical (unpaired) electrons. The molecule has 0 aliphatic carbocycles. The highest BCUT2D eigenvalue weighted by atomic mass is 32.2. The van der Waals surface area contributed by atoms with E-state index < -0.39 is 16.0 Å². The molecular formula is C9H10NO4S. The molecule has 0 unspecified atom stereocenters. The van der Waals surface area contributed by atoms with Gasteiger partial charge in [0.05, 0.1) is 18.4 Å². The van der Waals surface area contributed by atoms with Crippen LogP contribution in [0, 0.1) is 0 Å². The number of rotatable bonds is 4. The molecule has 0 spiro atoms. The van der Waals surface area contributed by atoms with E-state index in [2.05, 4.69) is 4.72 Å². The molecule has 15 heavy (non-hydrogen) atoms. The molecule has 0 aliphatic rings. The summed E-state index contributed by atoms with van der Waals surface area (Å²) in [5.41, 5.74) is 0.823. The molecule has 0 fully saturated rings. The third-order valence-electron chi connectivity index (χ3n) is 1.68. The van der Waals surface area contributed by atoms with E-state index in [1.807, 2.05) is 0 Å². The molecule has 0 amide bonds. The molecule has 6 heteroatoms. The Bertz CT molecular complexity index is 450. The van der Waals surface area contributed by atoms with Gasteiger partial charge < -0.3 is 5.11 Å². The van der Waals surface area contributed by atoms with Crippen LogP contribution in [0.25, 0.3) is 0 Å². The van der Waals surface area contributed by atoms with Crippen LogP contribution in [0.1, 0.15) is 15.9 Å². The van der Waals surface area contributed by atoms with Crippen molar-refractivity contribution in [2.45, 2.75) is 6.54 Å². The molecular weight excluding hydrogens is 218 g/mol. The summed E-state index contributed by atoms with van der Waals surface area (Å²) in [7, 11) is -3.34. The van der Waals surface area contributed by atoms with Crippen LogP contribution < -0.4 is 4.72 Å². The Hall–Kier alpha value is -1.40. The summed E-state index contributed by atoms with van der Waals surface area (Å²) in [6.45, 7) is 0.0404. The molecule has 0 heterocycles. The highest BCUT2D eigenvalue weighted by Gasteiger charge is 2.05. The molecule has 0 aliphatic heterocycles. The lowest BCUT2D eigenvalue weighted by Gasteiger charge is -2.00. The first-order valence-electron chi connectivity index (χ1n) is 4.09. The predicted octanol–water partition coefficient (Wildman–Crippen LogP) is 0.449. The second-order valence-corrected chi connectivity index (χ2v) is 4.75. The summed E-state index contributed by atoms with van der Waals surface area (Å²) in [5.74, 6) is -1.01. The predicted molar refractivity (Wildman–Crippen MR) is 54.1 cm³/mol. The fraction of sp³-hybridized carbons (Fsp3) is 0.222. The van der Waals surface area contributed by atoms with Crippen molar-refractivity contribution in [1.82, 2.24) is 4.72 Å². The van der Waals surface area contributed by atoms with Crippen LogP contribution in [0.4, 0.5) is 0 Å². The van der Waals surface area contributed by atoms with Gasteiger partial charge in [-0.3, -0.25) is 0 Å². The van der Waals surface area contributed by atoms with Gasteiger partial charge >= 0.3 is 5.97 Å². The summed E-state index contributed by atoms with van der Waals surface area (Å²) in [4.78, 5) is 10.5. The highest BCUT2D eigenvalue weighted by molar-refractivity contribution is 7.88. The van der Waals surface area contributed by atoms with Gasteiger partial charge in [0.1, 0.15) is 0 Å². The van der Waals surface area contributed by atoms with E-state index in [-0.39, 0.29) is 12.1 Å². The number of carboxylic acid groups (broad SMARTS) is 1. The Balaban J connectivity index is 2.69. The average molecular weight is 228 g/mol. The van der Waals surface area contributed by atoms with Crippen molar-refractivity contribution < 1.29 is 18.3 Å². The van der Waals surface area contributed by atoms with E-state index >= 15 is 0 Å². The van der Waals surface area contributed by atoms with Gasteiger partial charge in [0.15, 0.2) is 0 Å². The van der Waals surface area contributed by atoms with Gasteiger partial charge in [-0.25, -0.2) is 13.2 Å². The second kappa shape index (κ2) is 4.41. The number of nitrogens with zero attached hydrogens (tertiary/aromatic N) is 1. The van der Waals surface area contributed by atoms with Crippen LogP contribution >= 0.6 is 0 Å². The second-order valence-electron chi connectivity index (χ2n) is 3.02. The molecule has 0 bridgehead atoms. The molecule has 0 aromatic heterocycles. The van der Waals surface area contributed by atoms with Crippen molar-refractivity contribution in [1.29, 1.82) is 0 Å². The Labute approximate surface area is 87.8 Å². The maximum Gasteiger partial charge on any atom is 0.335 e. The third kappa shape index (κ3) is 4.09. The zero-order chi connectivity index (χ0) is 11.5. The minimum absolute atomic E-state index is 0.0404. The minimum atomic E-state index is -3.34. The van der Waals surface area contributed by atoms with Gasteiger partial charge in [-0.05, 0) is 17.7 Å². The smallest absolute Gasteiger partial charge is 0.335 e. The molecule has 1 aromatic rings. The number of hydrogen-bond donors (Lipinski definition) is 1. The molecule has 1 rings (SSSR count). The Morgan fingerprint density at radius 1 is 1.33 bits per heavy atom. The first kappa shape index (κ1) is 11.7. The number of carbonyl (C=O) groups is 1. The molecule has 0 atom stereocenters. The van der Waals surface area contributed by atoms with Crippen molar-refractivity contribution >= 4 is 16.0 Å². The molecule has 0 saturated heterocycles. The van der Waals surface area contributed by atoms with Crippen LogP contribution in [-0.2, 0) is 16.6 Å². The van der Waals surface area contributed by atoms with Crippen molar-refractivity contribution in [3.05, 3.63) is 35.4 Å².